The summed E-state index contributed by atoms with van der Waals surface area (Å²) < 4.78 is 11.2. The maximum atomic E-state index is 12.6. The molecule has 1 aliphatic heterocycles. The first-order valence-corrected chi connectivity index (χ1v) is 11.0. The Morgan fingerprint density at radius 3 is 2.80 bits per heavy atom. The van der Waals surface area contributed by atoms with E-state index >= 15 is 0 Å². The second-order valence-corrected chi connectivity index (χ2v) is 7.91. The Morgan fingerprint density at radius 2 is 1.97 bits per heavy atom. The smallest absolute Gasteiger partial charge is 0.251 e. The molecule has 1 amide bonds. The van der Waals surface area contributed by atoms with Crippen molar-refractivity contribution < 1.29 is 14.3 Å². The van der Waals surface area contributed by atoms with Crippen molar-refractivity contribution in [3.05, 3.63) is 81.8 Å². The molecule has 3 aromatic rings. The summed E-state index contributed by atoms with van der Waals surface area (Å²) in [4.78, 5) is 19.2. The molecule has 1 saturated heterocycles. The van der Waals surface area contributed by atoms with Crippen molar-refractivity contribution in [3.8, 4) is 5.75 Å². The second-order valence-electron chi connectivity index (χ2n) is 7.19. The fourth-order valence-corrected chi connectivity index (χ4v) is 3.88. The lowest BCUT2D eigenvalue weighted by atomic mass is 10.1. The van der Waals surface area contributed by atoms with E-state index in [1.165, 1.54) is 16.9 Å². The molecule has 2 heterocycles. The van der Waals surface area contributed by atoms with Crippen LogP contribution >= 0.6 is 11.3 Å². The summed E-state index contributed by atoms with van der Waals surface area (Å²) >= 11 is 1.53. The average Bonchev–Trinajstić information content (AvgIpc) is 3.31. The quantitative estimate of drug-likeness (QED) is 0.601. The molecule has 4 rings (SSSR count). The van der Waals surface area contributed by atoms with Crippen molar-refractivity contribution in [1.82, 2.24) is 15.2 Å². The Kier molecular flexibility index (Phi) is 7.07. The van der Waals surface area contributed by atoms with E-state index in [4.69, 9.17) is 9.47 Å². The summed E-state index contributed by atoms with van der Waals surface area (Å²) in [6, 6.07) is 15.6. The van der Waals surface area contributed by atoms with Crippen LogP contribution in [0.3, 0.4) is 0 Å². The van der Waals surface area contributed by atoms with Gasteiger partial charge in [0.2, 0.25) is 0 Å². The molecule has 0 atom stereocenters. The molecule has 1 fully saturated rings. The van der Waals surface area contributed by atoms with Gasteiger partial charge in [-0.1, -0.05) is 30.3 Å². The number of hydrogen-bond acceptors (Lipinski definition) is 6. The molecule has 1 aromatic heterocycles. The van der Waals surface area contributed by atoms with Gasteiger partial charge in [-0.25, -0.2) is 4.98 Å². The van der Waals surface area contributed by atoms with Gasteiger partial charge in [0.1, 0.15) is 12.4 Å². The van der Waals surface area contributed by atoms with Crippen molar-refractivity contribution >= 4 is 17.2 Å². The summed E-state index contributed by atoms with van der Waals surface area (Å²) in [5.41, 5.74) is 5.58. The van der Waals surface area contributed by atoms with Crippen LogP contribution in [0.25, 0.3) is 0 Å². The first-order valence-electron chi connectivity index (χ1n) is 10.0. The zero-order valence-electron chi connectivity index (χ0n) is 16.8. The predicted octanol–water partition coefficient (Wildman–Crippen LogP) is 3.48. The fourth-order valence-electron chi connectivity index (χ4n) is 3.33. The van der Waals surface area contributed by atoms with Crippen LogP contribution in [0.5, 0.6) is 5.75 Å². The molecule has 156 valence electrons. The number of carbonyl (C=O) groups is 1. The van der Waals surface area contributed by atoms with E-state index in [0.29, 0.717) is 24.5 Å². The predicted molar refractivity (Wildman–Crippen MR) is 117 cm³/mol. The lowest BCUT2D eigenvalue weighted by molar-refractivity contribution is 0.0342. The summed E-state index contributed by atoms with van der Waals surface area (Å²) in [6.07, 6.45) is 0. The van der Waals surface area contributed by atoms with Gasteiger partial charge in [-0.2, -0.15) is 0 Å². The van der Waals surface area contributed by atoms with Gasteiger partial charge in [-0.3, -0.25) is 9.69 Å². The number of nitrogens with one attached hydrogen (secondary N) is 1. The van der Waals surface area contributed by atoms with Crippen LogP contribution in [0.15, 0.2) is 59.4 Å². The van der Waals surface area contributed by atoms with Gasteiger partial charge in [-0.05, 0) is 29.3 Å². The molecule has 0 aliphatic carbocycles. The number of hydrogen-bond donors (Lipinski definition) is 1. The molecule has 0 spiro atoms. The van der Waals surface area contributed by atoms with Crippen LogP contribution in [-0.4, -0.2) is 42.1 Å². The fraction of sp³-hybridized carbons (Fsp3) is 0.304. The van der Waals surface area contributed by atoms with E-state index in [1.54, 1.807) is 17.6 Å². The van der Waals surface area contributed by atoms with Crippen molar-refractivity contribution in [2.24, 2.45) is 0 Å². The largest absolute Gasteiger partial charge is 0.487 e. The Hall–Kier alpha value is -2.74. The lowest BCUT2D eigenvalue weighted by Gasteiger charge is -2.26. The van der Waals surface area contributed by atoms with E-state index in [1.807, 2.05) is 29.6 Å². The van der Waals surface area contributed by atoms with E-state index in [2.05, 4.69) is 27.3 Å². The number of rotatable bonds is 8. The number of thiazole rings is 1. The summed E-state index contributed by atoms with van der Waals surface area (Å²) in [5.74, 6) is 0.538. The van der Waals surface area contributed by atoms with E-state index < -0.39 is 0 Å². The van der Waals surface area contributed by atoms with Gasteiger partial charge in [0, 0.05) is 37.1 Å². The third kappa shape index (κ3) is 5.89. The number of nitrogens with zero attached hydrogens (tertiary/aromatic N) is 2. The zero-order chi connectivity index (χ0) is 20.6. The molecule has 0 unspecified atom stereocenters. The highest BCUT2D eigenvalue weighted by atomic mass is 32.1. The van der Waals surface area contributed by atoms with Crippen molar-refractivity contribution in [1.29, 1.82) is 0 Å². The minimum Gasteiger partial charge on any atom is -0.487 e. The van der Waals surface area contributed by atoms with Crippen LogP contribution in [0.1, 0.15) is 27.2 Å². The summed E-state index contributed by atoms with van der Waals surface area (Å²) in [7, 11) is 0. The van der Waals surface area contributed by atoms with Crippen molar-refractivity contribution in [3.63, 3.8) is 0 Å². The molecule has 7 heteroatoms. The second kappa shape index (κ2) is 10.3. The minimum atomic E-state index is -0.118. The van der Waals surface area contributed by atoms with Crippen LogP contribution in [0.4, 0.5) is 0 Å². The van der Waals surface area contributed by atoms with Crippen LogP contribution < -0.4 is 10.1 Å². The van der Waals surface area contributed by atoms with Crippen molar-refractivity contribution in [2.75, 3.05) is 26.3 Å². The number of aromatic nitrogens is 1. The Morgan fingerprint density at radius 1 is 1.13 bits per heavy atom. The van der Waals surface area contributed by atoms with Gasteiger partial charge in [0.15, 0.2) is 0 Å². The zero-order valence-corrected chi connectivity index (χ0v) is 17.6. The molecule has 2 aromatic carbocycles. The molecule has 1 N–H and O–H groups in total. The van der Waals surface area contributed by atoms with Gasteiger partial charge < -0.3 is 14.8 Å². The highest BCUT2D eigenvalue weighted by molar-refractivity contribution is 7.07. The highest BCUT2D eigenvalue weighted by Gasteiger charge is 2.11. The van der Waals surface area contributed by atoms with E-state index in [0.717, 1.165) is 44.1 Å². The first-order chi connectivity index (χ1) is 14.8. The number of benzene rings is 2. The molecule has 30 heavy (non-hydrogen) atoms. The lowest BCUT2D eigenvalue weighted by Crippen LogP contribution is -2.35. The van der Waals surface area contributed by atoms with Gasteiger partial charge in [-0.15, -0.1) is 11.3 Å². The van der Waals surface area contributed by atoms with Crippen molar-refractivity contribution in [2.45, 2.75) is 19.7 Å². The molecule has 0 saturated carbocycles. The maximum absolute atomic E-state index is 12.6. The van der Waals surface area contributed by atoms with E-state index in [9.17, 15) is 4.79 Å². The number of ether oxygens (including phenoxy) is 2. The molecule has 0 bridgehead atoms. The maximum Gasteiger partial charge on any atom is 0.251 e. The summed E-state index contributed by atoms with van der Waals surface area (Å²) in [6.45, 7) is 5.29. The summed E-state index contributed by atoms with van der Waals surface area (Å²) in [5, 5.41) is 4.95. The molecule has 0 radical (unpaired) electrons. The SMILES string of the molecule is O=C(NCc1cccc(CN2CCOCC2)c1)c1cccc(OCc2cscn2)c1. The Bertz CT molecular complexity index is 956. The number of amides is 1. The van der Waals surface area contributed by atoms with Gasteiger partial charge in [0.05, 0.1) is 24.4 Å². The van der Waals surface area contributed by atoms with Crippen LogP contribution in [0.2, 0.25) is 0 Å². The van der Waals surface area contributed by atoms with Gasteiger partial charge >= 0.3 is 0 Å². The monoisotopic (exact) mass is 423 g/mol. The average molecular weight is 424 g/mol. The molecular formula is C23H25N3O3S. The molecular weight excluding hydrogens is 398 g/mol. The topological polar surface area (TPSA) is 63.7 Å². The third-order valence-corrected chi connectivity index (χ3v) is 5.56. The number of carbonyl (C=O) groups excluding carboxylic acids is 1. The Labute approximate surface area is 180 Å². The molecule has 1 aliphatic rings. The standard InChI is InChI=1S/C23H25N3O3S/c27-23(20-5-2-6-22(12-20)29-15-21-16-30-17-25-21)24-13-18-3-1-4-19(11-18)14-26-7-9-28-10-8-26/h1-6,11-12,16-17H,7-10,13-15H2,(H,24,27). The minimum absolute atomic E-state index is 0.118. The first kappa shape index (κ1) is 20.5. The number of morpholine rings is 1. The van der Waals surface area contributed by atoms with Gasteiger partial charge in [0.25, 0.3) is 5.91 Å². The van der Waals surface area contributed by atoms with Crippen LogP contribution in [0, 0.1) is 0 Å². The molecule has 6 nitrogen and oxygen atoms in total. The normalized spacial score (nSPS) is 14.4. The third-order valence-electron chi connectivity index (χ3n) is 4.92. The van der Waals surface area contributed by atoms with E-state index in [-0.39, 0.29) is 5.91 Å². The van der Waals surface area contributed by atoms with Crippen LogP contribution in [-0.2, 0) is 24.4 Å². The Balaban J connectivity index is 1.31. The highest BCUT2D eigenvalue weighted by Crippen LogP contribution is 2.16.